The van der Waals surface area contributed by atoms with Gasteiger partial charge in [0.15, 0.2) is 0 Å². The summed E-state index contributed by atoms with van der Waals surface area (Å²) < 4.78 is 0. The van der Waals surface area contributed by atoms with Crippen molar-refractivity contribution in [2.45, 2.75) is 39.0 Å². The third-order valence-electron chi connectivity index (χ3n) is 3.88. The third-order valence-corrected chi connectivity index (χ3v) is 4.82. The average molecular weight is 380 g/mol. The number of hydrogen-bond donors (Lipinski definition) is 2. The van der Waals surface area contributed by atoms with Crippen LogP contribution in [0.3, 0.4) is 0 Å². The summed E-state index contributed by atoms with van der Waals surface area (Å²) in [6, 6.07) is 7.10. The van der Waals surface area contributed by atoms with Crippen molar-refractivity contribution in [3.8, 4) is 0 Å². The summed E-state index contributed by atoms with van der Waals surface area (Å²) in [7, 11) is 3.92. The Hall–Kier alpha value is -1.53. The first-order chi connectivity index (χ1) is 12.3. The Morgan fingerprint density at radius 3 is 2.35 bits per heavy atom. The molecular formula is C20H33N3O2S. The van der Waals surface area contributed by atoms with Gasteiger partial charge in [0.05, 0.1) is 0 Å². The predicted octanol–water partition coefficient (Wildman–Crippen LogP) is 2.76. The lowest BCUT2D eigenvalue weighted by molar-refractivity contribution is -0.123. The second-order valence-corrected chi connectivity index (χ2v) is 8.36. The minimum atomic E-state index is -0.514. The zero-order chi connectivity index (χ0) is 19.5. The summed E-state index contributed by atoms with van der Waals surface area (Å²) in [6.07, 6.45) is 0.616. The molecule has 0 aliphatic carbocycles. The number of hydrogen-bond acceptors (Lipinski definition) is 4. The Balaban J connectivity index is 2.67. The fourth-order valence-electron chi connectivity index (χ4n) is 2.44. The van der Waals surface area contributed by atoms with Crippen molar-refractivity contribution in [3.05, 3.63) is 35.4 Å². The second kappa shape index (κ2) is 12.0. The summed E-state index contributed by atoms with van der Waals surface area (Å²) in [5, 5.41) is 5.81. The lowest BCUT2D eigenvalue weighted by Gasteiger charge is -2.21. The molecule has 0 unspecified atom stereocenters. The predicted molar refractivity (Wildman–Crippen MR) is 111 cm³/mol. The van der Waals surface area contributed by atoms with Crippen LogP contribution in [0.4, 0.5) is 0 Å². The minimum Gasteiger partial charge on any atom is -0.353 e. The van der Waals surface area contributed by atoms with E-state index in [1.165, 1.54) is 5.56 Å². The van der Waals surface area contributed by atoms with Gasteiger partial charge in [-0.2, -0.15) is 11.8 Å². The normalized spacial score (nSPS) is 12.3. The number of carbonyl (C=O) groups is 2. The lowest BCUT2D eigenvalue weighted by atomic mass is 10.0. The van der Waals surface area contributed by atoms with E-state index in [1.807, 2.05) is 68.9 Å². The van der Waals surface area contributed by atoms with Gasteiger partial charge in [0, 0.05) is 24.4 Å². The highest BCUT2D eigenvalue weighted by Gasteiger charge is 2.22. The van der Waals surface area contributed by atoms with Crippen LogP contribution in [-0.4, -0.2) is 55.7 Å². The molecule has 0 aliphatic heterocycles. The average Bonchev–Trinajstić information content (AvgIpc) is 2.58. The zero-order valence-electron chi connectivity index (χ0n) is 16.7. The number of nitrogens with one attached hydrogen (secondary N) is 2. The van der Waals surface area contributed by atoms with Gasteiger partial charge in [-0.25, -0.2) is 0 Å². The van der Waals surface area contributed by atoms with Gasteiger partial charge < -0.3 is 15.5 Å². The van der Waals surface area contributed by atoms with Crippen molar-refractivity contribution in [2.75, 3.05) is 32.9 Å². The minimum absolute atomic E-state index is 0.120. The molecule has 146 valence electrons. The van der Waals surface area contributed by atoms with Crippen LogP contribution in [0.1, 0.15) is 43.1 Å². The SMILES string of the molecule is CCSCc1ccc(C(=O)N[C@@H](CC(C)C)C(=O)NCCN(C)C)cc1. The molecular weight excluding hydrogens is 346 g/mol. The maximum absolute atomic E-state index is 12.5. The van der Waals surface area contributed by atoms with Gasteiger partial charge >= 0.3 is 0 Å². The number of thioether (sulfide) groups is 1. The fraction of sp³-hybridized carbons (Fsp3) is 0.600. The first-order valence-electron chi connectivity index (χ1n) is 9.23. The monoisotopic (exact) mass is 379 g/mol. The number of likely N-dealkylation sites (N-methyl/N-ethyl adjacent to an activating group) is 1. The third kappa shape index (κ3) is 8.72. The highest BCUT2D eigenvalue weighted by molar-refractivity contribution is 7.98. The Labute approximate surface area is 162 Å². The van der Waals surface area contributed by atoms with E-state index >= 15 is 0 Å². The molecule has 1 atom stereocenters. The largest absolute Gasteiger partial charge is 0.353 e. The molecule has 0 spiro atoms. The Kier molecular flexibility index (Phi) is 10.4. The molecule has 0 heterocycles. The van der Waals surface area contributed by atoms with E-state index in [0.717, 1.165) is 18.1 Å². The molecule has 5 nitrogen and oxygen atoms in total. The number of carbonyl (C=O) groups excluding carboxylic acids is 2. The molecule has 0 aromatic heterocycles. The Morgan fingerprint density at radius 1 is 1.15 bits per heavy atom. The Morgan fingerprint density at radius 2 is 1.81 bits per heavy atom. The van der Waals surface area contributed by atoms with Crippen molar-refractivity contribution in [1.29, 1.82) is 0 Å². The van der Waals surface area contributed by atoms with E-state index in [1.54, 1.807) is 0 Å². The molecule has 0 radical (unpaired) electrons. The summed E-state index contributed by atoms with van der Waals surface area (Å²) in [6.45, 7) is 7.56. The smallest absolute Gasteiger partial charge is 0.251 e. The van der Waals surface area contributed by atoms with Gasteiger partial charge in [0.25, 0.3) is 5.91 Å². The van der Waals surface area contributed by atoms with E-state index in [0.29, 0.717) is 24.4 Å². The number of nitrogens with zero attached hydrogens (tertiary/aromatic N) is 1. The first kappa shape index (κ1) is 22.5. The maximum atomic E-state index is 12.5. The molecule has 1 aromatic rings. The highest BCUT2D eigenvalue weighted by atomic mass is 32.2. The van der Waals surface area contributed by atoms with Gasteiger partial charge in [0.2, 0.25) is 5.91 Å². The summed E-state index contributed by atoms with van der Waals surface area (Å²) in [5.41, 5.74) is 1.79. The van der Waals surface area contributed by atoms with Gasteiger partial charge in [0.1, 0.15) is 6.04 Å². The zero-order valence-corrected chi connectivity index (χ0v) is 17.5. The van der Waals surface area contributed by atoms with Crippen molar-refractivity contribution >= 4 is 23.6 Å². The van der Waals surface area contributed by atoms with Crippen LogP contribution in [0.2, 0.25) is 0 Å². The summed E-state index contributed by atoms with van der Waals surface area (Å²) in [5.74, 6) is 2.01. The number of amides is 2. The van der Waals surface area contributed by atoms with Crippen LogP contribution in [-0.2, 0) is 10.5 Å². The van der Waals surface area contributed by atoms with E-state index in [-0.39, 0.29) is 11.8 Å². The molecule has 0 bridgehead atoms. The van der Waals surface area contributed by atoms with Crippen molar-refractivity contribution in [3.63, 3.8) is 0 Å². The van der Waals surface area contributed by atoms with Crippen molar-refractivity contribution in [2.24, 2.45) is 5.92 Å². The molecule has 1 aromatic carbocycles. The molecule has 2 N–H and O–H groups in total. The topological polar surface area (TPSA) is 61.4 Å². The quantitative estimate of drug-likeness (QED) is 0.621. The van der Waals surface area contributed by atoms with Crippen LogP contribution < -0.4 is 10.6 Å². The maximum Gasteiger partial charge on any atom is 0.251 e. The summed E-state index contributed by atoms with van der Waals surface area (Å²) >= 11 is 1.85. The Bertz CT molecular complexity index is 559. The van der Waals surface area contributed by atoms with Crippen molar-refractivity contribution < 1.29 is 9.59 Å². The van der Waals surface area contributed by atoms with Gasteiger partial charge in [-0.1, -0.05) is 32.9 Å². The highest BCUT2D eigenvalue weighted by Crippen LogP contribution is 2.13. The van der Waals surface area contributed by atoms with E-state index in [4.69, 9.17) is 0 Å². The first-order valence-corrected chi connectivity index (χ1v) is 10.4. The van der Waals surface area contributed by atoms with Gasteiger partial charge in [-0.15, -0.1) is 0 Å². The number of rotatable bonds is 11. The lowest BCUT2D eigenvalue weighted by Crippen LogP contribution is -2.48. The molecule has 6 heteroatoms. The van der Waals surface area contributed by atoms with Crippen LogP contribution >= 0.6 is 11.8 Å². The molecule has 0 saturated heterocycles. The molecule has 0 aliphatic rings. The van der Waals surface area contributed by atoms with Gasteiger partial charge in [-0.05, 0) is 49.9 Å². The fourth-order valence-corrected chi connectivity index (χ4v) is 3.07. The van der Waals surface area contributed by atoms with Gasteiger partial charge in [-0.3, -0.25) is 9.59 Å². The molecule has 0 fully saturated rings. The second-order valence-electron chi connectivity index (χ2n) is 7.08. The molecule has 1 rings (SSSR count). The van der Waals surface area contributed by atoms with Crippen LogP contribution in [0.5, 0.6) is 0 Å². The van der Waals surface area contributed by atoms with E-state index in [9.17, 15) is 9.59 Å². The van der Waals surface area contributed by atoms with Crippen molar-refractivity contribution in [1.82, 2.24) is 15.5 Å². The molecule has 0 saturated carbocycles. The number of benzene rings is 1. The molecule has 26 heavy (non-hydrogen) atoms. The van der Waals surface area contributed by atoms with Crippen LogP contribution in [0.15, 0.2) is 24.3 Å². The van der Waals surface area contributed by atoms with E-state index < -0.39 is 6.04 Å². The summed E-state index contributed by atoms with van der Waals surface area (Å²) in [4.78, 5) is 27.0. The van der Waals surface area contributed by atoms with Crippen LogP contribution in [0.25, 0.3) is 0 Å². The van der Waals surface area contributed by atoms with E-state index in [2.05, 4.69) is 17.6 Å². The molecule has 2 amide bonds. The standard InChI is InChI=1S/C20H33N3O2S/c1-6-26-14-16-7-9-17(10-8-16)19(24)22-18(13-15(2)3)20(25)21-11-12-23(4)5/h7-10,15,18H,6,11-14H2,1-5H3,(H,21,25)(H,22,24)/t18-/m0/s1. The van der Waals surface area contributed by atoms with Crippen LogP contribution in [0, 0.1) is 5.92 Å².